The van der Waals surface area contributed by atoms with E-state index in [2.05, 4.69) is 36.2 Å². The van der Waals surface area contributed by atoms with Crippen molar-refractivity contribution in [2.45, 2.75) is 126 Å². The van der Waals surface area contributed by atoms with Gasteiger partial charge >= 0.3 is 26.3 Å². The van der Waals surface area contributed by atoms with Crippen LogP contribution in [0.4, 0.5) is 25.1 Å². The van der Waals surface area contributed by atoms with Crippen LogP contribution < -0.4 is 44.0 Å². The van der Waals surface area contributed by atoms with Crippen molar-refractivity contribution in [1.82, 2.24) is 49.9 Å². The molecule has 8 rings (SSSR count). The Morgan fingerprint density at radius 3 is 2.24 bits per heavy atom. The number of imide groups is 1. The molecule has 0 bridgehead atoms. The van der Waals surface area contributed by atoms with Gasteiger partial charge in [-0.2, -0.15) is 0 Å². The van der Waals surface area contributed by atoms with E-state index in [1.165, 1.54) is 30.7 Å². The Balaban J connectivity index is 0.00000990. The van der Waals surface area contributed by atoms with Gasteiger partial charge in [-0.05, 0) is 60.7 Å². The number of hydrogen-bond donors (Lipinski definition) is 8. The SMILES string of the molecule is CC(C)C(NC(=O)CCCCCN1C(=O)[CH-]CC1=O)C(=O)NC(CCCNC(N)=O)C(=O)Nc1ccc(CSP2(=O)OC[C@H]3O[C@@H](n4cnc5c(N)ncnc54)[C@H](F)[C@@H]3OP(=O)(O)OC[C@H]3O[C@@H](n4ccc(=O)[nH]c4=O)[C@H](F)[C@@H]3O2)cc1.[Tm]. The molecule has 1 radical (unpaired) electrons. The number of nitrogens with one attached hydrogen (secondary N) is 5. The van der Waals surface area contributed by atoms with Crippen LogP contribution in [0.15, 0.2) is 58.8 Å². The van der Waals surface area contributed by atoms with Crippen molar-refractivity contribution >= 4 is 84.2 Å². The number of nitrogens with two attached hydrogens (primary N) is 2. The molecule has 36 heteroatoms. The summed E-state index contributed by atoms with van der Waals surface area (Å²) in [7, 11) is -5.31. The molecule has 4 unspecified atom stereocenters. The number of amides is 7. The topological polar surface area (TPSA) is 414 Å². The molecule has 3 aromatic heterocycles. The Hall–Kier alpha value is -5.44. The first kappa shape index (κ1) is 65.1. The molecule has 4 aromatic rings. The van der Waals surface area contributed by atoms with Gasteiger partial charge in [-0.1, -0.05) is 38.8 Å². The number of primary amides is 1. The van der Waals surface area contributed by atoms with Crippen LogP contribution in [0.25, 0.3) is 11.2 Å². The number of alkyl halides is 2. The number of unbranched alkanes of at least 4 members (excludes halogenated alkanes) is 2. The molecular weight excluding hydrogens is 1320 g/mol. The zero-order valence-corrected chi connectivity index (χ0v) is 48.6. The number of fused-ring (bicyclic) bond motifs is 3. The van der Waals surface area contributed by atoms with E-state index in [1.807, 2.05) is 4.98 Å². The van der Waals surface area contributed by atoms with E-state index in [4.69, 9.17) is 39.0 Å². The monoisotopic (exact) mass is 1380 g/mol. The summed E-state index contributed by atoms with van der Waals surface area (Å²) in [4.78, 5) is 127. The molecule has 10 N–H and O–H groups in total. The number of carbonyl (C=O) groups is 6. The number of phosphoric ester groups is 1. The molecule has 4 fully saturated rings. The maximum absolute atomic E-state index is 16.7. The Morgan fingerprint density at radius 2 is 1.58 bits per heavy atom. The summed E-state index contributed by atoms with van der Waals surface area (Å²) >= 11 is 0.521. The van der Waals surface area contributed by atoms with Gasteiger partial charge in [0.2, 0.25) is 17.7 Å². The minimum atomic E-state index is -5.31. The van der Waals surface area contributed by atoms with Crippen molar-refractivity contribution in [3.8, 4) is 0 Å². The van der Waals surface area contributed by atoms with E-state index >= 15 is 13.3 Å². The smallest absolute Gasteiger partial charge is 0.382 e. The first-order chi connectivity index (χ1) is 39.0. The molecule has 83 heavy (non-hydrogen) atoms. The third kappa shape index (κ3) is 16.5. The van der Waals surface area contributed by atoms with E-state index < -0.39 is 130 Å². The number of H-pyrrole nitrogens is 1. The normalized spacial score (nSPS) is 27.0. The summed E-state index contributed by atoms with van der Waals surface area (Å²) in [6, 6.07) is 3.81. The van der Waals surface area contributed by atoms with E-state index in [0.717, 1.165) is 34.4 Å². The number of rotatable bonds is 21. The van der Waals surface area contributed by atoms with E-state index in [1.54, 1.807) is 13.8 Å². The quantitative estimate of drug-likeness (QED) is 0.0256. The van der Waals surface area contributed by atoms with Gasteiger partial charge in [-0.15, -0.1) is 0 Å². The molecule has 12 atom stereocenters. The fourth-order valence-electron chi connectivity index (χ4n) is 9.18. The number of aromatic nitrogens is 6. The van der Waals surface area contributed by atoms with Gasteiger partial charge < -0.3 is 56.8 Å². The van der Waals surface area contributed by atoms with Crippen molar-refractivity contribution in [1.29, 1.82) is 0 Å². The number of phosphoric acid groups is 1. The molecule has 4 aliphatic heterocycles. The summed E-state index contributed by atoms with van der Waals surface area (Å²) in [5, 5.41) is 10.6. The number of aromatic amines is 1. The van der Waals surface area contributed by atoms with Gasteiger partial charge in [0, 0.05) is 80.1 Å². The van der Waals surface area contributed by atoms with Crippen LogP contribution in [0.3, 0.4) is 0 Å². The van der Waals surface area contributed by atoms with E-state index in [9.17, 15) is 47.8 Å². The summed E-state index contributed by atoms with van der Waals surface area (Å²) in [6.45, 7) is -2.97. The van der Waals surface area contributed by atoms with E-state index in [0.29, 0.717) is 40.8 Å². The molecule has 0 aliphatic carbocycles. The Kier molecular flexibility index (Phi) is 22.5. The molecule has 0 saturated carbocycles. The number of benzene rings is 1. The second kappa shape index (κ2) is 28.6. The van der Waals surface area contributed by atoms with Gasteiger partial charge in [-0.3, -0.25) is 62.6 Å². The number of imidazole rings is 1. The van der Waals surface area contributed by atoms with Gasteiger partial charge in [0.1, 0.15) is 48.3 Å². The minimum Gasteiger partial charge on any atom is -0.382 e. The number of halogens is 2. The average molecular weight is 1380 g/mol. The van der Waals surface area contributed by atoms with Crippen LogP contribution >= 0.6 is 26.0 Å². The number of nitrogens with zero attached hydrogens (tertiary/aromatic N) is 6. The van der Waals surface area contributed by atoms with Crippen LogP contribution in [0.1, 0.15) is 76.8 Å². The van der Waals surface area contributed by atoms with Crippen LogP contribution in [-0.2, 0) is 66.4 Å². The van der Waals surface area contributed by atoms with Crippen molar-refractivity contribution in [2.75, 3.05) is 37.4 Å². The number of nitrogen functional groups attached to an aromatic ring is 1. The average Bonchev–Trinajstić information content (AvgIpc) is 4.29. The van der Waals surface area contributed by atoms with Crippen LogP contribution in [0, 0.1) is 49.2 Å². The third-order valence-electron chi connectivity index (χ3n) is 13.4. The Morgan fingerprint density at radius 1 is 0.892 bits per heavy atom. The first-order valence-corrected chi connectivity index (χ1v) is 30.4. The zero-order chi connectivity index (χ0) is 59.0. The maximum Gasteiger partial charge on any atom is 0.472 e. The Labute approximate surface area is 504 Å². The number of hydrogen-bond acceptors (Lipinski definition) is 21. The molecule has 4 saturated heterocycles. The van der Waals surface area contributed by atoms with Crippen molar-refractivity contribution < 1.29 is 116 Å². The van der Waals surface area contributed by atoms with Gasteiger partial charge in [0.05, 0.1) is 25.4 Å². The molecule has 1 aromatic carbocycles. The standard InChI is InChI=1S/C47H60F2N13O17P2S.Tm/c1-24(2)36(58-30(63)8-4-3-5-17-60-32(65)13-14-33(60)66)43(68)57-27(7-6-16-52-46(51)69)42(67)56-26-11-9-25(10-12-26)21-82-81(73)75-20-29-38(34(48)45(77-29)62-23-55-37-40(50)53-22-54-41(37)62)78-80(71,72)74-19-28-39(79-81)35(49)44(76-28)61-18-15-31(64)59-47(61)70;/h9-13,15,18,22-24,27-29,34-36,38-39,44-45H,3-8,14,16-17,19-21H2,1-2H3,(H,56,67)(H,57,68)(H,58,63)(H,71,72)(H2,50,53,54)(H3,51,52,69)(H,59,64,70);/q-1;/t27?,28-,29-,34-,35-,36?,38-,39-,44-,45-,81?;/m1./s1. The Bertz CT molecular complexity index is 3220. The minimum absolute atomic E-state index is 0. The third-order valence-corrected chi connectivity index (χ3v) is 18.0. The number of carbonyl (C=O) groups excluding carboxylic acids is 6. The molecule has 0 spiro atoms. The van der Waals surface area contributed by atoms with Crippen LogP contribution in [-0.4, -0.2) is 150 Å². The summed E-state index contributed by atoms with van der Waals surface area (Å²) in [6.07, 6.45) is -9.34. The molecule has 7 amide bonds. The van der Waals surface area contributed by atoms with Gasteiger partial charge in [-0.25, -0.2) is 42.5 Å². The molecule has 4 aliphatic rings. The predicted molar refractivity (Wildman–Crippen MR) is 284 cm³/mol. The van der Waals surface area contributed by atoms with Gasteiger partial charge in [0.25, 0.3) is 5.56 Å². The molecular formula is C47H60F2N13O17P2STm-. The first-order valence-electron chi connectivity index (χ1n) is 25.8. The molecule has 7 heterocycles. The number of anilines is 2. The van der Waals surface area contributed by atoms with Crippen molar-refractivity contribution in [3.05, 3.63) is 82.0 Å². The number of ether oxygens (including phenoxy) is 2. The number of urea groups is 1. The van der Waals surface area contributed by atoms with Crippen LogP contribution in [0.5, 0.6) is 0 Å². The largest absolute Gasteiger partial charge is 0.472 e. The fourth-order valence-corrected chi connectivity index (χ4v) is 13.5. The predicted octanol–water partition coefficient (Wildman–Crippen LogP) is 1.92. The number of likely N-dealkylation sites (tertiary alicyclic amines) is 1. The summed E-state index contributed by atoms with van der Waals surface area (Å²) < 4.78 is 97.6. The van der Waals surface area contributed by atoms with Crippen LogP contribution in [0.2, 0.25) is 0 Å². The molecule has 459 valence electrons. The van der Waals surface area contributed by atoms with Gasteiger partial charge in [0.15, 0.2) is 42.2 Å². The van der Waals surface area contributed by atoms with Crippen molar-refractivity contribution in [3.63, 3.8) is 0 Å². The summed E-state index contributed by atoms with van der Waals surface area (Å²) in [5.41, 5.74) is 9.94. The summed E-state index contributed by atoms with van der Waals surface area (Å²) in [5.74, 6) is -3.09. The second-order valence-electron chi connectivity index (χ2n) is 19.6. The van der Waals surface area contributed by atoms with Crippen molar-refractivity contribution in [2.24, 2.45) is 11.7 Å². The maximum atomic E-state index is 16.7. The fraction of sp³-hybridized carbons (Fsp3) is 0.532. The zero-order valence-electron chi connectivity index (χ0n) is 44.2. The second-order valence-corrected chi connectivity index (χ2v) is 25.0. The van der Waals surface area contributed by atoms with E-state index in [-0.39, 0.29) is 116 Å². The molecule has 30 nitrogen and oxygen atoms in total.